The fourth-order valence-corrected chi connectivity index (χ4v) is 3.33. The average molecular weight is 426 g/mol. The molecule has 1 saturated heterocycles. The second kappa shape index (κ2) is 9.00. The normalized spacial score (nSPS) is 13.5. The van der Waals surface area contributed by atoms with Gasteiger partial charge in [-0.3, -0.25) is 9.59 Å². The Labute approximate surface area is 178 Å². The number of nitrogens with one attached hydrogen (secondary N) is 1. The van der Waals surface area contributed by atoms with Gasteiger partial charge in [0.25, 0.3) is 0 Å². The van der Waals surface area contributed by atoms with Crippen LogP contribution in [-0.2, 0) is 16.2 Å². The molecule has 0 atom stereocenters. The molecule has 2 aromatic carbocycles. The first-order chi connectivity index (χ1) is 14.6. The number of rotatable bonds is 7. The van der Waals surface area contributed by atoms with E-state index in [9.17, 15) is 9.59 Å². The summed E-state index contributed by atoms with van der Waals surface area (Å²) < 4.78 is 11.1. The van der Waals surface area contributed by atoms with Crippen molar-refractivity contribution in [1.29, 1.82) is 0 Å². The van der Waals surface area contributed by atoms with Gasteiger partial charge in [0.05, 0.1) is 6.54 Å². The summed E-state index contributed by atoms with van der Waals surface area (Å²) in [5, 5.41) is 7.51. The topological polar surface area (TPSA) is 84.7 Å². The maximum atomic E-state index is 12.2. The maximum absolute atomic E-state index is 12.2. The van der Waals surface area contributed by atoms with Crippen LogP contribution in [0.5, 0.6) is 5.75 Å². The Bertz CT molecular complexity index is 1050. The number of hydrogen-bond acceptors (Lipinski definition) is 5. The summed E-state index contributed by atoms with van der Waals surface area (Å²) in [7, 11) is 0. The van der Waals surface area contributed by atoms with E-state index >= 15 is 0 Å². The van der Waals surface area contributed by atoms with Crippen LogP contribution < -0.4 is 10.1 Å². The van der Waals surface area contributed by atoms with E-state index in [1.165, 1.54) is 0 Å². The zero-order valence-electron chi connectivity index (χ0n) is 16.1. The van der Waals surface area contributed by atoms with E-state index in [-0.39, 0.29) is 25.0 Å². The molecule has 4 rings (SSSR count). The number of amides is 2. The van der Waals surface area contributed by atoms with Crippen LogP contribution in [0.3, 0.4) is 0 Å². The molecule has 0 aliphatic carbocycles. The van der Waals surface area contributed by atoms with Gasteiger partial charge in [-0.25, -0.2) is 0 Å². The third-order valence-corrected chi connectivity index (χ3v) is 4.96. The van der Waals surface area contributed by atoms with Crippen molar-refractivity contribution in [3.63, 3.8) is 0 Å². The molecule has 8 heteroatoms. The molecule has 0 radical (unpaired) electrons. The Morgan fingerprint density at radius 2 is 2.03 bits per heavy atom. The number of halogens is 1. The monoisotopic (exact) mass is 425 g/mol. The van der Waals surface area contributed by atoms with E-state index < -0.39 is 0 Å². The molecule has 2 heterocycles. The summed E-state index contributed by atoms with van der Waals surface area (Å²) in [5.74, 6) is 0.939. The maximum Gasteiger partial charge on any atom is 0.243 e. The van der Waals surface area contributed by atoms with Gasteiger partial charge in [0.2, 0.25) is 11.8 Å². The lowest BCUT2D eigenvalue weighted by Gasteiger charge is -2.15. The fraction of sp³-hybridized carbons (Fsp3) is 0.227. The minimum absolute atomic E-state index is 0.0206. The van der Waals surface area contributed by atoms with Crippen LogP contribution in [0.2, 0.25) is 5.02 Å². The molecule has 3 aromatic rings. The van der Waals surface area contributed by atoms with Gasteiger partial charge in [-0.1, -0.05) is 35.0 Å². The molecule has 1 fully saturated rings. The smallest absolute Gasteiger partial charge is 0.243 e. The second-order valence-corrected chi connectivity index (χ2v) is 7.41. The van der Waals surface area contributed by atoms with Crippen LogP contribution >= 0.6 is 11.6 Å². The molecule has 0 saturated carbocycles. The lowest BCUT2D eigenvalue weighted by Crippen LogP contribution is -2.33. The van der Waals surface area contributed by atoms with Crippen molar-refractivity contribution < 1.29 is 18.8 Å². The summed E-state index contributed by atoms with van der Waals surface area (Å²) in [6.45, 7) is 0.889. The van der Waals surface area contributed by atoms with E-state index in [0.29, 0.717) is 40.9 Å². The Morgan fingerprint density at radius 1 is 1.20 bits per heavy atom. The molecule has 7 nitrogen and oxygen atoms in total. The van der Waals surface area contributed by atoms with Crippen molar-refractivity contribution in [2.75, 3.05) is 18.4 Å². The number of likely N-dealkylation sites (tertiary alicyclic amines) is 1. The van der Waals surface area contributed by atoms with Crippen LogP contribution in [0.25, 0.3) is 11.3 Å². The van der Waals surface area contributed by atoms with Crippen molar-refractivity contribution in [3.8, 4) is 17.0 Å². The number of nitrogens with zero attached hydrogens (tertiary/aromatic N) is 2. The van der Waals surface area contributed by atoms with Crippen molar-refractivity contribution in [2.24, 2.45) is 0 Å². The quantitative estimate of drug-likeness (QED) is 0.615. The van der Waals surface area contributed by atoms with Crippen molar-refractivity contribution in [1.82, 2.24) is 10.1 Å². The molecular formula is C22H20ClN3O4. The van der Waals surface area contributed by atoms with Crippen LogP contribution in [0.4, 0.5) is 5.69 Å². The SMILES string of the molecule is O=C(CN1CCCC1=O)Nc1cccc(OCc2cc(-c3ccc(Cl)cc3)no2)c1. The summed E-state index contributed by atoms with van der Waals surface area (Å²) in [6, 6.07) is 16.2. The molecule has 0 spiro atoms. The van der Waals surface area contributed by atoms with E-state index in [0.717, 1.165) is 12.0 Å². The third kappa shape index (κ3) is 4.99. The van der Waals surface area contributed by atoms with Gasteiger partial charge in [-0.2, -0.15) is 0 Å². The zero-order valence-corrected chi connectivity index (χ0v) is 16.9. The van der Waals surface area contributed by atoms with Gasteiger partial charge in [0.15, 0.2) is 5.76 Å². The largest absolute Gasteiger partial charge is 0.485 e. The molecular weight excluding hydrogens is 406 g/mol. The van der Waals surface area contributed by atoms with Crippen molar-refractivity contribution >= 4 is 29.1 Å². The van der Waals surface area contributed by atoms with Gasteiger partial charge < -0.3 is 19.5 Å². The number of carbonyl (C=O) groups is 2. The van der Waals surface area contributed by atoms with Gasteiger partial charge in [-0.15, -0.1) is 0 Å². The Morgan fingerprint density at radius 3 is 2.80 bits per heavy atom. The average Bonchev–Trinajstić information content (AvgIpc) is 3.37. The standard InChI is InChI=1S/C22H20ClN3O4/c23-16-8-6-15(7-9-16)20-12-19(30-25-20)14-29-18-4-1-3-17(11-18)24-21(27)13-26-10-2-5-22(26)28/h1,3-4,6-9,11-12H,2,5,10,13-14H2,(H,24,27). The molecule has 2 amide bonds. The molecule has 1 aliphatic heterocycles. The predicted molar refractivity (Wildman–Crippen MR) is 112 cm³/mol. The Balaban J connectivity index is 1.33. The van der Waals surface area contributed by atoms with Crippen molar-refractivity contribution in [2.45, 2.75) is 19.4 Å². The van der Waals surface area contributed by atoms with Crippen molar-refractivity contribution in [3.05, 3.63) is 65.4 Å². The Kier molecular flexibility index (Phi) is 5.99. The number of ether oxygens (including phenoxy) is 1. The number of anilines is 1. The number of benzene rings is 2. The summed E-state index contributed by atoms with van der Waals surface area (Å²) >= 11 is 5.91. The van der Waals surface area contributed by atoms with Gasteiger partial charge in [-0.05, 0) is 30.7 Å². The first kappa shape index (κ1) is 20.0. The second-order valence-electron chi connectivity index (χ2n) is 6.97. The summed E-state index contributed by atoms with van der Waals surface area (Å²) in [4.78, 5) is 25.4. The van der Waals surface area contributed by atoms with Gasteiger partial charge >= 0.3 is 0 Å². The minimum atomic E-state index is -0.231. The summed E-state index contributed by atoms with van der Waals surface area (Å²) in [6.07, 6.45) is 1.31. The molecule has 1 N–H and O–H groups in total. The van der Waals surface area contributed by atoms with Crippen LogP contribution in [0.1, 0.15) is 18.6 Å². The lowest BCUT2D eigenvalue weighted by molar-refractivity contribution is -0.131. The zero-order chi connectivity index (χ0) is 20.9. The molecule has 1 aromatic heterocycles. The highest BCUT2D eigenvalue weighted by Crippen LogP contribution is 2.23. The highest BCUT2D eigenvalue weighted by Gasteiger charge is 2.22. The number of hydrogen-bond donors (Lipinski definition) is 1. The molecule has 0 bridgehead atoms. The number of aromatic nitrogens is 1. The molecule has 0 unspecified atom stereocenters. The van der Waals surface area contributed by atoms with E-state index in [1.54, 1.807) is 41.3 Å². The van der Waals surface area contributed by atoms with Crippen LogP contribution in [0.15, 0.2) is 59.1 Å². The van der Waals surface area contributed by atoms with Crippen LogP contribution in [-0.4, -0.2) is 35.0 Å². The predicted octanol–water partition coefficient (Wildman–Crippen LogP) is 4.13. The minimum Gasteiger partial charge on any atom is -0.485 e. The highest BCUT2D eigenvalue weighted by molar-refractivity contribution is 6.30. The third-order valence-electron chi connectivity index (χ3n) is 4.70. The lowest BCUT2D eigenvalue weighted by atomic mass is 10.1. The van der Waals surface area contributed by atoms with Gasteiger partial charge in [0, 0.05) is 41.4 Å². The number of carbonyl (C=O) groups excluding carboxylic acids is 2. The van der Waals surface area contributed by atoms with Gasteiger partial charge in [0.1, 0.15) is 18.1 Å². The molecule has 154 valence electrons. The first-order valence-corrected chi connectivity index (χ1v) is 9.97. The molecule has 30 heavy (non-hydrogen) atoms. The van der Waals surface area contributed by atoms with E-state index in [2.05, 4.69) is 10.5 Å². The molecule has 1 aliphatic rings. The van der Waals surface area contributed by atoms with E-state index in [1.807, 2.05) is 18.2 Å². The highest BCUT2D eigenvalue weighted by atomic mass is 35.5. The van der Waals surface area contributed by atoms with Crippen LogP contribution in [0, 0.1) is 0 Å². The van der Waals surface area contributed by atoms with E-state index in [4.69, 9.17) is 20.9 Å². The summed E-state index contributed by atoms with van der Waals surface area (Å²) in [5.41, 5.74) is 2.20. The Hall–Kier alpha value is -3.32. The fourth-order valence-electron chi connectivity index (χ4n) is 3.20. The first-order valence-electron chi connectivity index (χ1n) is 9.59.